The van der Waals surface area contributed by atoms with Gasteiger partial charge >= 0.3 is 0 Å². The van der Waals surface area contributed by atoms with Gasteiger partial charge in [-0.25, -0.2) is 0 Å². The summed E-state index contributed by atoms with van der Waals surface area (Å²) in [5, 5.41) is 19.9. The Kier molecular flexibility index (Phi) is 6.20. The first kappa shape index (κ1) is 15.5. The van der Waals surface area contributed by atoms with Crippen LogP contribution in [0.5, 0.6) is 0 Å². The second-order valence-corrected chi connectivity index (χ2v) is 5.20. The Morgan fingerprint density at radius 1 is 0.857 bits per heavy atom. The molecule has 2 heteroatoms. The molecule has 110 valence electrons. The third kappa shape index (κ3) is 5.54. The molecule has 0 heterocycles. The summed E-state index contributed by atoms with van der Waals surface area (Å²) in [4.78, 5) is 0. The third-order valence-electron chi connectivity index (χ3n) is 3.48. The Labute approximate surface area is 126 Å². The predicted molar refractivity (Wildman–Crippen MR) is 85.9 cm³/mol. The number of aliphatic hydroxyl groups is 2. The highest BCUT2D eigenvalue weighted by atomic mass is 16.3. The lowest BCUT2D eigenvalue weighted by molar-refractivity contribution is 0.167. The molecule has 0 radical (unpaired) electrons. The SMILES string of the molecule is O[C@H](C/C=C\[C@H](O)c1ccccc1)CCc1ccccc1. The predicted octanol–water partition coefficient (Wildman–Crippen LogP) is 3.66. The molecule has 0 aliphatic heterocycles. The monoisotopic (exact) mass is 282 g/mol. The number of aliphatic hydroxyl groups excluding tert-OH is 2. The third-order valence-corrected chi connectivity index (χ3v) is 3.48. The lowest BCUT2D eigenvalue weighted by Crippen LogP contribution is -2.06. The molecule has 0 spiro atoms. The number of hydrogen-bond donors (Lipinski definition) is 2. The van der Waals surface area contributed by atoms with Gasteiger partial charge in [0, 0.05) is 0 Å². The van der Waals surface area contributed by atoms with Crippen LogP contribution >= 0.6 is 0 Å². The van der Waals surface area contributed by atoms with Crippen molar-refractivity contribution in [1.82, 2.24) is 0 Å². The second-order valence-electron chi connectivity index (χ2n) is 5.20. The van der Waals surface area contributed by atoms with E-state index in [1.54, 1.807) is 6.08 Å². The molecule has 0 saturated carbocycles. The van der Waals surface area contributed by atoms with Crippen molar-refractivity contribution in [3.05, 3.63) is 83.9 Å². The van der Waals surface area contributed by atoms with Gasteiger partial charge in [0.1, 0.15) is 0 Å². The van der Waals surface area contributed by atoms with E-state index in [2.05, 4.69) is 12.1 Å². The van der Waals surface area contributed by atoms with E-state index in [-0.39, 0.29) is 6.10 Å². The molecule has 0 aromatic heterocycles. The van der Waals surface area contributed by atoms with Crippen LogP contribution in [0.25, 0.3) is 0 Å². The lowest BCUT2D eigenvalue weighted by Gasteiger charge is -2.09. The van der Waals surface area contributed by atoms with Crippen LogP contribution in [0.4, 0.5) is 0 Å². The van der Waals surface area contributed by atoms with Crippen LogP contribution < -0.4 is 0 Å². The average Bonchev–Trinajstić information content (AvgIpc) is 2.54. The van der Waals surface area contributed by atoms with E-state index in [4.69, 9.17) is 0 Å². The van der Waals surface area contributed by atoms with Crippen LogP contribution in [0.1, 0.15) is 30.1 Å². The van der Waals surface area contributed by atoms with Crippen molar-refractivity contribution in [2.75, 3.05) is 0 Å². The van der Waals surface area contributed by atoms with Gasteiger partial charge in [0.15, 0.2) is 0 Å². The van der Waals surface area contributed by atoms with Crippen molar-refractivity contribution in [2.24, 2.45) is 0 Å². The largest absolute Gasteiger partial charge is 0.393 e. The highest BCUT2D eigenvalue weighted by Gasteiger charge is 2.04. The quantitative estimate of drug-likeness (QED) is 0.761. The van der Waals surface area contributed by atoms with E-state index in [0.717, 1.165) is 18.4 Å². The fraction of sp³-hybridized carbons (Fsp3) is 0.263. The fourth-order valence-corrected chi connectivity index (χ4v) is 2.22. The van der Waals surface area contributed by atoms with Crippen molar-refractivity contribution in [1.29, 1.82) is 0 Å². The Morgan fingerprint density at radius 3 is 2.14 bits per heavy atom. The highest BCUT2D eigenvalue weighted by Crippen LogP contribution is 2.14. The second kappa shape index (κ2) is 8.40. The van der Waals surface area contributed by atoms with Gasteiger partial charge in [0.25, 0.3) is 0 Å². The minimum absolute atomic E-state index is 0.371. The summed E-state index contributed by atoms with van der Waals surface area (Å²) in [5.74, 6) is 0. The molecule has 0 unspecified atom stereocenters. The Bertz CT molecular complexity index is 534. The normalized spacial score (nSPS) is 14.2. The van der Waals surface area contributed by atoms with Gasteiger partial charge in [0.2, 0.25) is 0 Å². The highest BCUT2D eigenvalue weighted by molar-refractivity contribution is 5.21. The van der Waals surface area contributed by atoms with E-state index >= 15 is 0 Å². The van der Waals surface area contributed by atoms with Crippen LogP contribution in [0.3, 0.4) is 0 Å². The molecule has 0 aliphatic rings. The topological polar surface area (TPSA) is 40.5 Å². The van der Waals surface area contributed by atoms with Gasteiger partial charge in [-0.2, -0.15) is 0 Å². The van der Waals surface area contributed by atoms with Gasteiger partial charge in [0.05, 0.1) is 12.2 Å². The van der Waals surface area contributed by atoms with E-state index in [0.29, 0.717) is 6.42 Å². The first-order valence-electron chi connectivity index (χ1n) is 7.37. The van der Waals surface area contributed by atoms with Gasteiger partial charge in [-0.15, -0.1) is 0 Å². The van der Waals surface area contributed by atoms with Crippen molar-refractivity contribution in [3.63, 3.8) is 0 Å². The zero-order valence-corrected chi connectivity index (χ0v) is 12.1. The molecular weight excluding hydrogens is 260 g/mol. The molecule has 0 bridgehead atoms. The molecule has 2 rings (SSSR count). The molecule has 0 fully saturated rings. The summed E-state index contributed by atoms with van der Waals surface area (Å²) in [6, 6.07) is 19.7. The van der Waals surface area contributed by atoms with Crippen molar-refractivity contribution >= 4 is 0 Å². The molecule has 2 atom stereocenters. The van der Waals surface area contributed by atoms with Gasteiger partial charge in [-0.05, 0) is 30.4 Å². The van der Waals surface area contributed by atoms with Crippen molar-refractivity contribution in [3.8, 4) is 0 Å². The average molecular weight is 282 g/mol. The van der Waals surface area contributed by atoms with Crippen LogP contribution in [-0.2, 0) is 6.42 Å². The summed E-state index contributed by atoms with van der Waals surface area (Å²) < 4.78 is 0. The molecule has 2 nitrogen and oxygen atoms in total. The van der Waals surface area contributed by atoms with E-state index in [9.17, 15) is 10.2 Å². The Balaban J connectivity index is 1.73. The minimum Gasteiger partial charge on any atom is -0.393 e. The summed E-state index contributed by atoms with van der Waals surface area (Å²) in [6.45, 7) is 0. The standard InChI is InChI=1S/C19H22O2/c20-18(15-14-16-8-3-1-4-9-16)12-7-13-19(21)17-10-5-2-6-11-17/h1-11,13,18-21H,12,14-15H2/b13-7-/t18-,19+/m1/s1. The summed E-state index contributed by atoms with van der Waals surface area (Å²) >= 11 is 0. The first-order valence-corrected chi connectivity index (χ1v) is 7.37. The zero-order valence-electron chi connectivity index (χ0n) is 12.1. The Morgan fingerprint density at radius 2 is 1.48 bits per heavy atom. The van der Waals surface area contributed by atoms with Crippen LogP contribution in [0.2, 0.25) is 0 Å². The maximum atomic E-state index is 9.97. The van der Waals surface area contributed by atoms with Crippen LogP contribution in [-0.4, -0.2) is 16.3 Å². The summed E-state index contributed by atoms with van der Waals surface area (Å²) in [5.41, 5.74) is 2.11. The van der Waals surface area contributed by atoms with E-state index in [1.165, 1.54) is 5.56 Å². The molecule has 2 aromatic rings. The number of benzene rings is 2. The molecule has 0 saturated heterocycles. The maximum Gasteiger partial charge on any atom is 0.0971 e. The maximum absolute atomic E-state index is 9.97. The van der Waals surface area contributed by atoms with E-state index in [1.807, 2.05) is 54.6 Å². The number of rotatable bonds is 7. The van der Waals surface area contributed by atoms with Crippen molar-refractivity contribution in [2.45, 2.75) is 31.5 Å². The smallest absolute Gasteiger partial charge is 0.0971 e. The molecule has 21 heavy (non-hydrogen) atoms. The lowest BCUT2D eigenvalue weighted by atomic mass is 10.0. The molecule has 0 aliphatic carbocycles. The molecule has 2 aromatic carbocycles. The number of hydrogen-bond acceptors (Lipinski definition) is 2. The summed E-state index contributed by atoms with van der Waals surface area (Å²) in [6.07, 6.45) is 4.79. The minimum atomic E-state index is -0.604. The fourth-order valence-electron chi connectivity index (χ4n) is 2.22. The van der Waals surface area contributed by atoms with Gasteiger partial charge < -0.3 is 10.2 Å². The van der Waals surface area contributed by atoms with Crippen LogP contribution in [0.15, 0.2) is 72.8 Å². The van der Waals surface area contributed by atoms with E-state index < -0.39 is 6.10 Å². The van der Waals surface area contributed by atoms with Crippen LogP contribution in [0, 0.1) is 0 Å². The Hall–Kier alpha value is -1.90. The molecular formula is C19H22O2. The van der Waals surface area contributed by atoms with Gasteiger partial charge in [-0.3, -0.25) is 0 Å². The summed E-state index contributed by atoms with van der Waals surface area (Å²) in [7, 11) is 0. The zero-order chi connectivity index (χ0) is 14.9. The first-order chi connectivity index (χ1) is 10.3. The van der Waals surface area contributed by atoms with Gasteiger partial charge in [-0.1, -0.05) is 72.8 Å². The van der Waals surface area contributed by atoms with Crippen molar-refractivity contribution < 1.29 is 10.2 Å². The molecule has 2 N–H and O–H groups in total. The molecule has 0 amide bonds. The number of aryl methyl sites for hydroxylation is 1.